The number of carbonyl (C=O) groups is 1. The number of piperazine rings is 1. The molecule has 2 aliphatic heterocycles. The summed E-state index contributed by atoms with van der Waals surface area (Å²) >= 11 is 0. The van der Waals surface area contributed by atoms with Crippen molar-refractivity contribution < 1.29 is 4.79 Å². The largest absolute Gasteiger partial charge is 0.338 e. The summed E-state index contributed by atoms with van der Waals surface area (Å²) in [4.78, 5) is 16.7. The molecule has 0 saturated carbocycles. The summed E-state index contributed by atoms with van der Waals surface area (Å²) in [6.45, 7) is 10.8. The molecule has 0 aromatic heterocycles. The molecule has 1 atom stereocenters. The third kappa shape index (κ3) is 2.33. The molecule has 0 spiro atoms. The number of amides is 1. The number of fused-ring (bicyclic) bond motifs is 1. The van der Waals surface area contributed by atoms with Gasteiger partial charge < -0.3 is 10.6 Å². The summed E-state index contributed by atoms with van der Waals surface area (Å²) in [6, 6.07) is 0.532. The van der Waals surface area contributed by atoms with Crippen molar-refractivity contribution in [1.82, 2.24) is 9.80 Å². The van der Waals surface area contributed by atoms with Crippen LogP contribution < -0.4 is 5.73 Å². The Morgan fingerprint density at radius 3 is 2.59 bits per heavy atom. The fraction of sp³-hybridized carbons (Fsp3) is 0.923. The number of nitrogens with zero attached hydrogens (tertiary/aromatic N) is 2. The Hall–Kier alpha value is -0.610. The van der Waals surface area contributed by atoms with Crippen LogP contribution in [0, 0.1) is 0 Å². The van der Waals surface area contributed by atoms with Gasteiger partial charge in [0.1, 0.15) is 0 Å². The second kappa shape index (κ2) is 3.95. The predicted molar refractivity (Wildman–Crippen MR) is 68.7 cm³/mol. The second-order valence-electron chi connectivity index (χ2n) is 6.67. The topological polar surface area (TPSA) is 49.6 Å². The van der Waals surface area contributed by atoms with Crippen LogP contribution in [0.4, 0.5) is 0 Å². The molecule has 2 rings (SSSR count). The minimum atomic E-state index is -0.740. The molecule has 2 saturated heterocycles. The van der Waals surface area contributed by atoms with Crippen molar-refractivity contribution in [3.63, 3.8) is 0 Å². The van der Waals surface area contributed by atoms with Gasteiger partial charge in [0.2, 0.25) is 5.91 Å². The van der Waals surface area contributed by atoms with E-state index in [9.17, 15) is 4.79 Å². The quantitative estimate of drug-likeness (QED) is 0.736. The van der Waals surface area contributed by atoms with Crippen molar-refractivity contribution >= 4 is 5.91 Å². The van der Waals surface area contributed by atoms with E-state index >= 15 is 0 Å². The van der Waals surface area contributed by atoms with Crippen LogP contribution in [0.5, 0.6) is 0 Å². The summed E-state index contributed by atoms with van der Waals surface area (Å²) in [7, 11) is 0. The molecule has 4 heteroatoms. The summed E-state index contributed by atoms with van der Waals surface area (Å²) in [6.07, 6.45) is 2.42. The molecule has 4 nitrogen and oxygen atoms in total. The van der Waals surface area contributed by atoms with Crippen LogP contribution in [0.2, 0.25) is 0 Å². The Labute approximate surface area is 104 Å². The fourth-order valence-corrected chi connectivity index (χ4v) is 3.15. The third-order valence-electron chi connectivity index (χ3n) is 4.19. The molecule has 2 aliphatic rings. The van der Waals surface area contributed by atoms with Gasteiger partial charge in [-0.3, -0.25) is 9.69 Å². The van der Waals surface area contributed by atoms with Gasteiger partial charge in [-0.15, -0.1) is 0 Å². The molecule has 0 bridgehead atoms. The Bertz CT molecular complexity index is 319. The van der Waals surface area contributed by atoms with E-state index in [0.29, 0.717) is 11.6 Å². The van der Waals surface area contributed by atoms with Crippen molar-refractivity contribution in [3.05, 3.63) is 0 Å². The molecule has 0 unspecified atom stereocenters. The van der Waals surface area contributed by atoms with Gasteiger partial charge >= 0.3 is 0 Å². The maximum Gasteiger partial charge on any atom is 0.242 e. The van der Waals surface area contributed by atoms with E-state index in [1.165, 1.54) is 12.8 Å². The van der Waals surface area contributed by atoms with Crippen molar-refractivity contribution in [3.8, 4) is 0 Å². The lowest BCUT2D eigenvalue weighted by Crippen LogP contribution is -2.61. The molecule has 98 valence electrons. The first kappa shape index (κ1) is 12.8. The molecule has 2 fully saturated rings. The Balaban J connectivity index is 2.04. The van der Waals surface area contributed by atoms with Crippen LogP contribution in [0.25, 0.3) is 0 Å². The number of hydrogen-bond acceptors (Lipinski definition) is 3. The van der Waals surface area contributed by atoms with Gasteiger partial charge in [0, 0.05) is 31.2 Å². The third-order valence-corrected chi connectivity index (χ3v) is 4.19. The minimum Gasteiger partial charge on any atom is -0.338 e. The zero-order valence-electron chi connectivity index (χ0n) is 11.5. The second-order valence-corrected chi connectivity index (χ2v) is 6.67. The average Bonchev–Trinajstić information content (AvgIpc) is 2.52. The first-order chi connectivity index (χ1) is 7.72. The Morgan fingerprint density at radius 2 is 2.00 bits per heavy atom. The van der Waals surface area contributed by atoms with Crippen molar-refractivity contribution in [2.75, 3.05) is 19.6 Å². The minimum absolute atomic E-state index is 0.0851. The SMILES string of the molecule is CC(C)(N)C(=O)N1CCN2[C@H](CCC2(C)C)C1. The first-order valence-electron chi connectivity index (χ1n) is 6.57. The van der Waals surface area contributed by atoms with Crippen LogP contribution in [-0.4, -0.2) is 52.5 Å². The van der Waals surface area contributed by atoms with Gasteiger partial charge in [0.25, 0.3) is 0 Å². The Kier molecular flexibility index (Phi) is 2.99. The van der Waals surface area contributed by atoms with Crippen molar-refractivity contribution in [2.45, 2.75) is 57.7 Å². The van der Waals surface area contributed by atoms with Crippen LogP contribution in [0.15, 0.2) is 0 Å². The van der Waals surface area contributed by atoms with Gasteiger partial charge in [0.15, 0.2) is 0 Å². The molecule has 0 aliphatic carbocycles. The van der Waals surface area contributed by atoms with E-state index in [1.54, 1.807) is 13.8 Å². The summed E-state index contributed by atoms with van der Waals surface area (Å²) in [5.74, 6) is 0.0851. The Morgan fingerprint density at radius 1 is 1.35 bits per heavy atom. The highest BCUT2D eigenvalue weighted by atomic mass is 16.2. The van der Waals surface area contributed by atoms with E-state index in [2.05, 4.69) is 18.7 Å². The van der Waals surface area contributed by atoms with Gasteiger partial charge in [-0.25, -0.2) is 0 Å². The van der Waals surface area contributed by atoms with E-state index in [4.69, 9.17) is 5.73 Å². The normalized spacial score (nSPS) is 29.2. The van der Waals surface area contributed by atoms with Crippen molar-refractivity contribution in [1.29, 1.82) is 0 Å². The van der Waals surface area contributed by atoms with Gasteiger partial charge in [0.05, 0.1) is 5.54 Å². The maximum atomic E-state index is 12.2. The van der Waals surface area contributed by atoms with Crippen LogP contribution in [0.3, 0.4) is 0 Å². The van der Waals surface area contributed by atoms with Gasteiger partial charge in [-0.05, 0) is 40.5 Å². The average molecular weight is 239 g/mol. The smallest absolute Gasteiger partial charge is 0.242 e. The molecule has 2 heterocycles. The predicted octanol–water partition coefficient (Wildman–Crippen LogP) is 0.809. The summed E-state index contributed by atoms with van der Waals surface area (Å²) < 4.78 is 0. The summed E-state index contributed by atoms with van der Waals surface area (Å²) in [5.41, 5.74) is 5.46. The monoisotopic (exact) mass is 239 g/mol. The molecule has 0 radical (unpaired) electrons. The molecule has 0 aromatic carbocycles. The highest BCUT2D eigenvalue weighted by Gasteiger charge is 2.43. The molecule has 0 aromatic rings. The lowest BCUT2D eigenvalue weighted by Gasteiger charge is -2.44. The standard InChI is InChI=1S/C13H25N3O/c1-12(2)6-5-10-9-15(7-8-16(10)12)11(17)13(3,4)14/h10H,5-9,14H2,1-4H3/t10-/m1/s1. The van der Waals surface area contributed by atoms with Crippen LogP contribution >= 0.6 is 0 Å². The highest BCUT2D eigenvalue weighted by Crippen LogP contribution is 2.35. The summed E-state index contributed by atoms with van der Waals surface area (Å²) in [5, 5.41) is 0. The number of rotatable bonds is 1. The van der Waals surface area contributed by atoms with E-state index in [1.807, 2.05) is 4.90 Å². The first-order valence-corrected chi connectivity index (χ1v) is 6.57. The zero-order chi connectivity index (χ0) is 12.8. The molecular formula is C13H25N3O. The van der Waals surface area contributed by atoms with Gasteiger partial charge in [-0.2, -0.15) is 0 Å². The molecule has 1 amide bonds. The van der Waals surface area contributed by atoms with Gasteiger partial charge in [-0.1, -0.05) is 0 Å². The number of hydrogen-bond donors (Lipinski definition) is 1. The molecule has 2 N–H and O–H groups in total. The zero-order valence-corrected chi connectivity index (χ0v) is 11.5. The highest BCUT2D eigenvalue weighted by molar-refractivity contribution is 5.85. The van der Waals surface area contributed by atoms with E-state index in [0.717, 1.165) is 19.6 Å². The lowest BCUT2D eigenvalue weighted by atomic mass is 10.0. The van der Waals surface area contributed by atoms with Crippen molar-refractivity contribution in [2.24, 2.45) is 5.73 Å². The molecular weight excluding hydrogens is 214 g/mol. The number of carbonyl (C=O) groups excluding carboxylic acids is 1. The maximum absolute atomic E-state index is 12.2. The number of nitrogens with two attached hydrogens (primary N) is 1. The molecule has 17 heavy (non-hydrogen) atoms. The van der Waals surface area contributed by atoms with Crippen LogP contribution in [0.1, 0.15) is 40.5 Å². The fourth-order valence-electron chi connectivity index (χ4n) is 3.15. The lowest BCUT2D eigenvalue weighted by molar-refractivity contribution is -0.139. The van der Waals surface area contributed by atoms with E-state index < -0.39 is 5.54 Å². The van der Waals surface area contributed by atoms with E-state index in [-0.39, 0.29) is 5.91 Å². The van der Waals surface area contributed by atoms with Crippen LogP contribution in [-0.2, 0) is 4.79 Å².